The molecule has 0 aromatic carbocycles. The highest BCUT2D eigenvalue weighted by Crippen LogP contribution is 2.08. The second-order valence-electron chi connectivity index (χ2n) is 4.14. The Hall–Kier alpha value is -0.790. The van der Waals surface area contributed by atoms with Crippen LogP contribution in [0.1, 0.15) is 57.8 Å². The minimum atomic E-state index is -0.0274. The first-order valence-electron chi connectivity index (χ1n) is 6.20. The predicted molar refractivity (Wildman–Crippen MR) is 61.7 cm³/mol. The minimum absolute atomic E-state index is 0.0274. The lowest BCUT2D eigenvalue weighted by Gasteiger charge is -2.05. The Labute approximate surface area is 92.7 Å². The first-order chi connectivity index (χ1) is 7.39. The zero-order valence-corrected chi connectivity index (χ0v) is 9.54. The van der Waals surface area contributed by atoms with Crippen LogP contribution in [-0.2, 0) is 9.53 Å². The van der Waals surface area contributed by atoms with Gasteiger partial charge < -0.3 is 4.74 Å². The molecule has 0 atom stereocenters. The van der Waals surface area contributed by atoms with E-state index in [9.17, 15) is 4.79 Å². The van der Waals surface area contributed by atoms with Gasteiger partial charge in [0.1, 0.15) is 0 Å². The number of hydrogen-bond donors (Lipinski definition) is 0. The third kappa shape index (κ3) is 7.18. The molecule has 86 valence electrons. The first kappa shape index (κ1) is 12.3. The Balaban J connectivity index is 2.21. The zero-order chi connectivity index (χ0) is 10.8. The van der Waals surface area contributed by atoms with Crippen LogP contribution in [0.4, 0.5) is 0 Å². The molecule has 1 heterocycles. The molecule has 0 aromatic rings. The van der Waals surface area contributed by atoms with E-state index < -0.39 is 0 Å². The van der Waals surface area contributed by atoms with Gasteiger partial charge in [-0.05, 0) is 32.1 Å². The van der Waals surface area contributed by atoms with Crippen LogP contribution in [0.25, 0.3) is 0 Å². The second kappa shape index (κ2) is 8.51. The number of carbonyl (C=O) groups is 1. The standard InChI is InChI=1S/C13H22O2/c14-13-11-9-7-5-3-1-2-4-6-8-10-12-15-13/h3,5H,1-2,4,6-12H2/b5-3-. The van der Waals surface area contributed by atoms with E-state index in [0.717, 1.165) is 19.3 Å². The topological polar surface area (TPSA) is 26.3 Å². The predicted octanol–water partition coefficient (Wildman–Crippen LogP) is 3.61. The molecule has 0 aliphatic carbocycles. The fourth-order valence-electron chi connectivity index (χ4n) is 1.75. The largest absolute Gasteiger partial charge is 0.466 e. The molecule has 0 spiro atoms. The molecule has 0 unspecified atom stereocenters. The van der Waals surface area contributed by atoms with Gasteiger partial charge in [-0.25, -0.2) is 0 Å². The molecule has 15 heavy (non-hydrogen) atoms. The van der Waals surface area contributed by atoms with Crippen molar-refractivity contribution in [3.8, 4) is 0 Å². The number of hydrogen-bond acceptors (Lipinski definition) is 2. The summed E-state index contributed by atoms with van der Waals surface area (Å²) in [7, 11) is 0. The molecule has 1 rings (SSSR count). The average Bonchev–Trinajstić information content (AvgIpc) is 2.24. The van der Waals surface area contributed by atoms with E-state index in [1.165, 1.54) is 32.1 Å². The normalized spacial score (nSPS) is 23.9. The summed E-state index contributed by atoms with van der Waals surface area (Å²) in [5.41, 5.74) is 0. The van der Waals surface area contributed by atoms with Gasteiger partial charge in [0.2, 0.25) is 0 Å². The molecule has 2 heteroatoms. The van der Waals surface area contributed by atoms with Crippen molar-refractivity contribution in [1.29, 1.82) is 0 Å². The fourth-order valence-corrected chi connectivity index (χ4v) is 1.75. The Kier molecular flexibility index (Phi) is 6.97. The first-order valence-corrected chi connectivity index (χ1v) is 6.20. The van der Waals surface area contributed by atoms with E-state index in [-0.39, 0.29) is 5.97 Å². The highest BCUT2D eigenvalue weighted by Gasteiger charge is 2.01. The number of rotatable bonds is 0. The van der Waals surface area contributed by atoms with Gasteiger partial charge in [0, 0.05) is 6.42 Å². The molecule has 0 saturated heterocycles. The van der Waals surface area contributed by atoms with Gasteiger partial charge in [0.05, 0.1) is 6.61 Å². The van der Waals surface area contributed by atoms with Crippen LogP contribution in [0.15, 0.2) is 12.2 Å². The van der Waals surface area contributed by atoms with Gasteiger partial charge in [0.25, 0.3) is 0 Å². The van der Waals surface area contributed by atoms with E-state index in [2.05, 4.69) is 12.2 Å². The summed E-state index contributed by atoms with van der Waals surface area (Å²) in [6.07, 6.45) is 14.2. The Morgan fingerprint density at radius 3 is 2.40 bits per heavy atom. The molecule has 0 N–H and O–H groups in total. The van der Waals surface area contributed by atoms with Crippen LogP contribution in [0.2, 0.25) is 0 Å². The molecular weight excluding hydrogens is 188 g/mol. The molecule has 1 aliphatic rings. The molecule has 0 amide bonds. The summed E-state index contributed by atoms with van der Waals surface area (Å²) in [5.74, 6) is -0.0274. The molecule has 1 aliphatic heterocycles. The zero-order valence-electron chi connectivity index (χ0n) is 9.54. The maximum atomic E-state index is 11.2. The van der Waals surface area contributed by atoms with Crippen molar-refractivity contribution in [2.24, 2.45) is 0 Å². The summed E-state index contributed by atoms with van der Waals surface area (Å²) in [5, 5.41) is 0. The van der Waals surface area contributed by atoms with Crippen LogP contribution < -0.4 is 0 Å². The Morgan fingerprint density at radius 1 is 0.867 bits per heavy atom. The number of ether oxygens (including phenoxy) is 1. The smallest absolute Gasteiger partial charge is 0.305 e. The minimum Gasteiger partial charge on any atom is -0.466 e. The SMILES string of the molecule is O=C1CCC/C=C\CCCCCCCO1. The summed E-state index contributed by atoms with van der Waals surface area (Å²) in [6.45, 7) is 0.620. The van der Waals surface area contributed by atoms with Crippen LogP contribution in [0.5, 0.6) is 0 Å². The number of carbonyl (C=O) groups excluding carboxylic acids is 1. The van der Waals surface area contributed by atoms with E-state index in [1.807, 2.05) is 0 Å². The molecule has 0 bridgehead atoms. The van der Waals surface area contributed by atoms with Gasteiger partial charge >= 0.3 is 5.97 Å². The summed E-state index contributed by atoms with van der Waals surface area (Å²) in [6, 6.07) is 0. The number of cyclic esters (lactones) is 1. The Bertz CT molecular complexity index is 197. The van der Waals surface area contributed by atoms with Crippen LogP contribution in [0, 0.1) is 0 Å². The van der Waals surface area contributed by atoms with Crippen LogP contribution in [-0.4, -0.2) is 12.6 Å². The van der Waals surface area contributed by atoms with Gasteiger partial charge in [-0.2, -0.15) is 0 Å². The van der Waals surface area contributed by atoms with Gasteiger partial charge in [-0.3, -0.25) is 4.79 Å². The van der Waals surface area contributed by atoms with Crippen molar-refractivity contribution in [1.82, 2.24) is 0 Å². The molecule has 0 radical (unpaired) electrons. The van der Waals surface area contributed by atoms with Crippen molar-refractivity contribution in [3.63, 3.8) is 0 Å². The summed E-state index contributed by atoms with van der Waals surface area (Å²) >= 11 is 0. The third-order valence-corrected chi connectivity index (χ3v) is 2.70. The highest BCUT2D eigenvalue weighted by molar-refractivity contribution is 5.69. The maximum Gasteiger partial charge on any atom is 0.305 e. The van der Waals surface area contributed by atoms with E-state index in [0.29, 0.717) is 13.0 Å². The lowest BCUT2D eigenvalue weighted by molar-refractivity contribution is -0.143. The maximum absolute atomic E-state index is 11.2. The third-order valence-electron chi connectivity index (χ3n) is 2.70. The monoisotopic (exact) mass is 210 g/mol. The van der Waals surface area contributed by atoms with E-state index in [1.54, 1.807) is 0 Å². The van der Waals surface area contributed by atoms with Gasteiger partial charge in [0.15, 0.2) is 0 Å². The summed E-state index contributed by atoms with van der Waals surface area (Å²) < 4.78 is 5.12. The average molecular weight is 210 g/mol. The molecule has 0 fully saturated rings. The number of esters is 1. The second-order valence-corrected chi connectivity index (χ2v) is 4.14. The van der Waals surface area contributed by atoms with Gasteiger partial charge in [-0.15, -0.1) is 0 Å². The lowest BCUT2D eigenvalue weighted by atomic mass is 10.1. The van der Waals surface area contributed by atoms with Crippen molar-refractivity contribution in [2.75, 3.05) is 6.61 Å². The molecule has 0 aromatic heterocycles. The Morgan fingerprint density at radius 2 is 1.53 bits per heavy atom. The van der Waals surface area contributed by atoms with Crippen molar-refractivity contribution >= 4 is 5.97 Å². The van der Waals surface area contributed by atoms with Gasteiger partial charge in [-0.1, -0.05) is 31.4 Å². The highest BCUT2D eigenvalue weighted by atomic mass is 16.5. The quantitative estimate of drug-likeness (QED) is 0.451. The number of allylic oxidation sites excluding steroid dienone is 2. The van der Waals surface area contributed by atoms with E-state index >= 15 is 0 Å². The van der Waals surface area contributed by atoms with Crippen LogP contribution >= 0.6 is 0 Å². The van der Waals surface area contributed by atoms with E-state index in [4.69, 9.17) is 4.74 Å². The van der Waals surface area contributed by atoms with Crippen molar-refractivity contribution in [3.05, 3.63) is 12.2 Å². The molecular formula is C13H22O2. The van der Waals surface area contributed by atoms with Crippen LogP contribution in [0.3, 0.4) is 0 Å². The lowest BCUT2D eigenvalue weighted by Crippen LogP contribution is -2.05. The molecule has 2 nitrogen and oxygen atoms in total. The molecule has 0 saturated carbocycles. The van der Waals surface area contributed by atoms with Crippen molar-refractivity contribution < 1.29 is 9.53 Å². The van der Waals surface area contributed by atoms with Crippen molar-refractivity contribution in [2.45, 2.75) is 57.8 Å². The fraction of sp³-hybridized carbons (Fsp3) is 0.769. The summed E-state index contributed by atoms with van der Waals surface area (Å²) in [4.78, 5) is 11.2.